The Bertz CT molecular complexity index is 1610. The molecule has 9 rings (SSSR count). The van der Waals surface area contributed by atoms with Crippen LogP contribution in [-0.4, -0.2) is 107 Å². The Morgan fingerprint density at radius 2 is 1.76 bits per heavy atom. The van der Waals surface area contributed by atoms with Gasteiger partial charge in [-0.05, 0) is 159 Å². The normalized spacial score (nSPS) is 52.4. The van der Waals surface area contributed by atoms with Crippen LogP contribution in [0.4, 0.5) is 0 Å². The maximum absolute atomic E-state index is 14.3. The Labute approximate surface area is 351 Å². The van der Waals surface area contributed by atoms with Gasteiger partial charge < -0.3 is 45.9 Å². The third-order valence-corrected chi connectivity index (χ3v) is 17.9. The molecule has 6 heterocycles. The van der Waals surface area contributed by atoms with E-state index in [4.69, 9.17) is 19.9 Å². The summed E-state index contributed by atoms with van der Waals surface area (Å²) in [6, 6.07) is 0.326. The zero-order chi connectivity index (χ0) is 41.3. The number of allylic oxidation sites excluding steroid dienone is 1. The standard InChI is InChI=1S/C47H74N4O8/c1-5-23(2)46(56)58-37-20-35-41(55)40-36(54)19-32(22-52)57-43(40)39-34-18-29-17-31(53)11-10-26(29)8-9-27(38-33(34)12-13-49-44(38)48)16-30(47(37,4)59-42(35)39)15-25-14-28-7-6-24(3)51-45(28)50-21-25/h5-7,24-35,37-45,49-53,55H,8-22,48H2,1-4H3/t24-,25?,26?,27?,28?,29?,30+,31?,32?,33?,34?,35?,37+,38?,39?,40?,41?,42?,43?,44?,45?,47+/m1/s1. The average molecular weight is 823 g/mol. The van der Waals surface area contributed by atoms with E-state index in [2.05, 4.69) is 41.9 Å². The van der Waals surface area contributed by atoms with Crippen LogP contribution in [0.5, 0.6) is 0 Å². The number of aliphatic hydroxyl groups is 3. The van der Waals surface area contributed by atoms with Crippen LogP contribution in [-0.2, 0) is 23.8 Å². The van der Waals surface area contributed by atoms with Crippen molar-refractivity contribution in [1.82, 2.24) is 16.0 Å². The van der Waals surface area contributed by atoms with Gasteiger partial charge in [-0.25, -0.2) is 4.79 Å². The van der Waals surface area contributed by atoms with Crippen molar-refractivity contribution in [3.05, 3.63) is 23.8 Å². The number of ether oxygens (including phenoxy) is 3. The Balaban J connectivity index is 1.20. The minimum Gasteiger partial charge on any atom is -0.456 e. The molecule has 5 saturated heterocycles. The van der Waals surface area contributed by atoms with Crippen LogP contribution in [0.2, 0.25) is 0 Å². The largest absolute Gasteiger partial charge is 0.456 e. The summed E-state index contributed by atoms with van der Waals surface area (Å²) in [6.45, 7) is 9.44. The zero-order valence-electron chi connectivity index (χ0n) is 35.9. The molecule has 0 aromatic rings. The van der Waals surface area contributed by atoms with Crippen LogP contribution in [0.1, 0.15) is 105 Å². The zero-order valence-corrected chi connectivity index (χ0v) is 35.9. The number of nitrogens with one attached hydrogen (secondary N) is 3. The Morgan fingerprint density at radius 3 is 2.56 bits per heavy atom. The van der Waals surface area contributed by atoms with Gasteiger partial charge in [0.1, 0.15) is 17.5 Å². The first-order valence-corrected chi connectivity index (χ1v) is 23.7. The fourth-order valence-electron chi connectivity index (χ4n) is 14.9. The smallest absolute Gasteiger partial charge is 0.333 e. The Kier molecular flexibility index (Phi) is 12.3. The average Bonchev–Trinajstić information content (AvgIpc) is 3.27. The molecule has 9 aliphatic rings. The summed E-state index contributed by atoms with van der Waals surface area (Å²) in [5, 5.41) is 45.5. The van der Waals surface area contributed by atoms with Crippen molar-refractivity contribution in [2.45, 2.75) is 165 Å². The molecule has 18 unspecified atom stereocenters. The van der Waals surface area contributed by atoms with Gasteiger partial charge in [-0.1, -0.05) is 18.2 Å². The van der Waals surface area contributed by atoms with Crippen molar-refractivity contribution in [3.8, 4) is 0 Å². The number of aliphatic hydroxyl groups excluding tert-OH is 3. The summed E-state index contributed by atoms with van der Waals surface area (Å²) in [7, 11) is 0. The second-order valence-electron chi connectivity index (χ2n) is 21.1. The molecule has 0 aromatic carbocycles. The molecular formula is C47H74N4O8. The van der Waals surface area contributed by atoms with Crippen LogP contribution < -0.4 is 21.7 Å². The van der Waals surface area contributed by atoms with E-state index in [9.17, 15) is 24.9 Å². The lowest BCUT2D eigenvalue weighted by Gasteiger charge is -2.63. The fraction of sp³-hybridized carbons (Fsp3) is 0.872. The summed E-state index contributed by atoms with van der Waals surface area (Å²) < 4.78 is 21.4. The van der Waals surface area contributed by atoms with Crippen molar-refractivity contribution in [2.24, 2.45) is 76.7 Å². The van der Waals surface area contributed by atoms with Crippen molar-refractivity contribution in [2.75, 3.05) is 19.7 Å². The molecule has 0 amide bonds. The lowest BCUT2D eigenvalue weighted by Crippen LogP contribution is -2.71. The quantitative estimate of drug-likeness (QED) is 0.122. The van der Waals surface area contributed by atoms with Gasteiger partial charge >= 0.3 is 5.97 Å². The van der Waals surface area contributed by atoms with Crippen molar-refractivity contribution in [3.63, 3.8) is 0 Å². The number of ketones is 1. The molecule has 4 bridgehead atoms. The highest BCUT2D eigenvalue weighted by atomic mass is 16.6. The van der Waals surface area contributed by atoms with Crippen LogP contribution in [0.25, 0.3) is 0 Å². The van der Waals surface area contributed by atoms with Gasteiger partial charge in [-0.15, -0.1) is 0 Å². The number of piperidine rings is 2. The van der Waals surface area contributed by atoms with E-state index in [0.29, 0.717) is 41.7 Å². The summed E-state index contributed by atoms with van der Waals surface area (Å²) in [5.74, 6) is 0.326. The van der Waals surface area contributed by atoms with Gasteiger partial charge in [-0.3, -0.25) is 10.1 Å². The molecule has 3 saturated carbocycles. The first kappa shape index (κ1) is 42.6. The number of esters is 1. The maximum Gasteiger partial charge on any atom is 0.333 e. The van der Waals surface area contributed by atoms with Gasteiger partial charge in [0.15, 0.2) is 0 Å². The predicted molar refractivity (Wildman–Crippen MR) is 222 cm³/mol. The van der Waals surface area contributed by atoms with E-state index >= 15 is 0 Å². The van der Waals surface area contributed by atoms with Crippen LogP contribution >= 0.6 is 0 Å². The number of fused-ring (bicyclic) bond motifs is 6. The molecule has 12 heteroatoms. The van der Waals surface area contributed by atoms with Gasteiger partial charge in [0.25, 0.3) is 0 Å². The van der Waals surface area contributed by atoms with E-state index in [1.54, 1.807) is 13.0 Å². The number of carbonyl (C=O) groups excluding carboxylic acids is 2. The van der Waals surface area contributed by atoms with Gasteiger partial charge in [0.05, 0.1) is 55.4 Å². The molecule has 0 radical (unpaired) electrons. The summed E-state index contributed by atoms with van der Waals surface area (Å²) >= 11 is 0. The molecule has 0 spiro atoms. The summed E-state index contributed by atoms with van der Waals surface area (Å²) in [5.41, 5.74) is 6.96. The number of Topliss-reactive ketones (excluding diaryl/α,β-unsaturated/α-hetero) is 1. The third kappa shape index (κ3) is 7.85. The highest BCUT2D eigenvalue weighted by molar-refractivity contribution is 5.87. The van der Waals surface area contributed by atoms with E-state index in [1.165, 1.54) is 0 Å². The monoisotopic (exact) mass is 823 g/mol. The lowest BCUT2D eigenvalue weighted by molar-refractivity contribution is -0.308. The molecule has 8 fully saturated rings. The minimum atomic E-state index is -1.05. The molecule has 22 atom stereocenters. The first-order chi connectivity index (χ1) is 28.4. The topological polar surface area (TPSA) is 185 Å². The van der Waals surface area contributed by atoms with Gasteiger partial charge in [-0.2, -0.15) is 0 Å². The van der Waals surface area contributed by atoms with E-state index in [0.717, 1.165) is 77.3 Å². The fourth-order valence-corrected chi connectivity index (χ4v) is 14.9. The third-order valence-electron chi connectivity index (χ3n) is 17.9. The molecule has 12 nitrogen and oxygen atoms in total. The number of hydrogen-bond acceptors (Lipinski definition) is 12. The predicted octanol–water partition coefficient (Wildman–Crippen LogP) is 3.57. The molecule has 0 aromatic heterocycles. The highest BCUT2D eigenvalue weighted by Crippen LogP contribution is 2.60. The lowest BCUT2D eigenvalue weighted by atomic mass is 9.52. The van der Waals surface area contributed by atoms with Crippen molar-refractivity contribution < 1.29 is 39.1 Å². The van der Waals surface area contributed by atoms with Crippen LogP contribution in [0, 0.1) is 71.0 Å². The molecule has 330 valence electrons. The second kappa shape index (κ2) is 17.1. The Morgan fingerprint density at radius 1 is 0.966 bits per heavy atom. The molecule has 6 aliphatic heterocycles. The van der Waals surface area contributed by atoms with E-state index < -0.39 is 48.0 Å². The van der Waals surface area contributed by atoms with Gasteiger partial charge in [0.2, 0.25) is 0 Å². The Hall–Kier alpha value is -1.74. The first-order valence-electron chi connectivity index (χ1n) is 23.7. The molecular weight excluding hydrogens is 749 g/mol. The number of rotatable bonds is 5. The summed E-state index contributed by atoms with van der Waals surface area (Å²) in [4.78, 5) is 28.2. The summed E-state index contributed by atoms with van der Waals surface area (Å²) in [6.07, 6.45) is 12.6. The number of carbonyl (C=O) groups is 2. The van der Waals surface area contributed by atoms with E-state index in [-0.39, 0.29) is 78.7 Å². The molecule has 3 aliphatic carbocycles. The van der Waals surface area contributed by atoms with Crippen LogP contribution in [0.3, 0.4) is 0 Å². The van der Waals surface area contributed by atoms with Gasteiger partial charge in [0, 0.05) is 35.8 Å². The number of nitrogens with two attached hydrogens (primary N) is 1. The SMILES string of the molecule is CC=C(C)C(=O)O[C@H]1CC2C(O)C3C(=O)CC(CO)OC3C3C4CC5CC(O)CCC5CCC(C[C@H](CC5CNC6N[C@H](C)C=CC6C5)[C@]1(C)OC23)C1C(N)NCCC41. The minimum absolute atomic E-state index is 0.00522. The highest BCUT2D eigenvalue weighted by Gasteiger charge is 2.66. The number of hydrogen-bond donors (Lipinski definition) is 7. The van der Waals surface area contributed by atoms with Crippen LogP contribution in [0.15, 0.2) is 23.8 Å². The van der Waals surface area contributed by atoms with Crippen molar-refractivity contribution >= 4 is 11.8 Å². The molecule has 59 heavy (non-hydrogen) atoms. The second-order valence-corrected chi connectivity index (χ2v) is 21.1. The maximum atomic E-state index is 14.3. The molecule has 8 N–H and O–H groups in total. The van der Waals surface area contributed by atoms with Crippen molar-refractivity contribution in [1.29, 1.82) is 0 Å². The van der Waals surface area contributed by atoms with E-state index in [1.807, 2.05) is 6.92 Å².